The van der Waals surface area contributed by atoms with Crippen molar-refractivity contribution < 1.29 is 32.7 Å². The molecular formula is C20H18Br2F3N5O4. The van der Waals surface area contributed by atoms with Crippen molar-refractivity contribution in [3.8, 4) is 0 Å². The number of alkyl halides is 3. The second-order valence-corrected chi connectivity index (χ2v) is 8.65. The van der Waals surface area contributed by atoms with Crippen molar-refractivity contribution in [1.29, 1.82) is 0 Å². The van der Waals surface area contributed by atoms with E-state index < -0.39 is 48.5 Å². The maximum absolute atomic E-state index is 13.2. The number of carbonyl (C=O) groups excluding carboxylic acids is 2. The van der Waals surface area contributed by atoms with Crippen LogP contribution in [0.5, 0.6) is 0 Å². The minimum Gasteiger partial charge on any atom is -0.481 e. The number of aliphatic carboxylic acids is 1. The van der Waals surface area contributed by atoms with Gasteiger partial charge in [-0.15, -0.1) is 0 Å². The van der Waals surface area contributed by atoms with Gasteiger partial charge in [0.1, 0.15) is 6.34 Å². The van der Waals surface area contributed by atoms with Gasteiger partial charge in [0, 0.05) is 20.2 Å². The van der Waals surface area contributed by atoms with Crippen molar-refractivity contribution in [2.24, 2.45) is 10.9 Å². The van der Waals surface area contributed by atoms with E-state index in [9.17, 15) is 32.7 Å². The summed E-state index contributed by atoms with van der Waals surface area (Å²) in [6.07, 6.45) is -4.23. The minimum absolute atomic E-state index is 0.0969. The van der Waals surface area contributed by atoms with Gasteiger partial charge in [0.2, 0.25) is 5.91 Å². The fourth-order valence-electron chi connectivity index (χ4n) is 2.83. The molecule has 1 atom stereocenters. The number of benzene rings is 2. The van der Waals surface area contributed by atoms with Crippen LogP contribution < -0.4 is 21.8 Å². The molecular weight excluding hydrogens is 591 g/mol. The fourth-order valence-corrected chi connectivity index (χ4v) is 4.16. The molecule has 2 aromatic rings. The number of hydrogen-bond donors (Lipinski definition) is 5. The molecule has 0 saturated carbocycles. The fraction of sp³-hybridized carbons (Fsp3) is 0.200. The average Bonchev–Trinajstić information content (AvgIpc) is 2.73. The topological polar surface area (TPSA) is 146 Å². The van der Waals surface area contributed by atoms with E-state index in [0.29, 0.717) is 20.6 Å². The number of carbonyl (C=O) groups is 3. The first-order valence-corrected chi connectivity index (χ1v) is 10.9. The van der Waals surface area contributed by atoms with Gasteiger partial charge in [0.25, 0.3) is 5.91 Å². The van der Waals surface area contributed by atoms with Crippen LogP contribution in [0.1, 0.15) is 33.9 Å². The number of rotatable bonds is 9. The Bertz CT molecular complexity index is 1090. The van der Waals surface area contributed by atoms with Gasteiger partial charge in [-0.05, 0) is 42.0 Å². The summed E-state index contributed by atoms with van der Waals surface area (Å²) in [5.41, 5.74) is -1.08. The molecule has 0 fully saturated rings. The normalized spacial score (nSPS) is 12.3. The molecule has 9 nitrogen and oxygen atoms in total. The van der Waals surface area contributed by atoms with Crippen LogP contribution >= 0.6 is 31.9 Å². The Morgan fingerprint density at radius 3 is 2.29 bits per heavy atom. The van der Waals surface area contributed by atoms with Crippen molar-refractivity contribution in [3.05, 3.63) is 62.0 Å². The van der Waals surface area contributed by atoms with Gasteiger partial charge >= 0.3 is 12.1 Å². The molecule has 0 radical (unpaired) electrons. The van der Waals surface area contributed by atoms with Gasteiger partial charge in [0.05, 0.1) is 24.6 Å². The first-order valence-electron chi connectivity index (χ1n) is 9.35. The summed E-state index contributed by atoms with van der Waals surface area (Å²) in [5, 5.41) is 19.4. The van der Waals surface area contributed by atoms with Crippen LogP contribution in [0.2, 0.25) is 0 Å². The van der Waals surface area contributed by atoms with E-state index in [1.807, 2.05) is 0 Å². The predicted octanol–water partition coefficient (Wildman–Crippen LogP) is 3.61. The van der Waals surface area contributed by atoms with Crippen LogP contribution in [0, 0.1) is 0 Å². The van der Waals surface area contributed by atoms with Crippen molar-refractivity contribution in [2.45, 2.75) is 18.6 Å². The van der Waals surface area contributed by atoms with Gasteiger partial charge in [-0.2, -0.15) is 18.3 Å². The third-order valence-corrected chi connectivity index (χ3v) is 5.15. The molecule has 6 N–H and O–H groups in total. The van der Waals surface area contributed by atoms with E-state index in [-0.39, 0.29) is 11.3 Å². The molecule has 34 heavy (non-hydrogen) atoms. The van der Waals surface area contributed by atoms with Crippen LogP contribution in [0.4, 0.5) is 18.9 Å². The summed E-state index contributed by atoms with van der Waals surface area (Å²) < 4.78 is 40.8. The predicted molar refractivity (Wildman–Crippen MR) is 125 cm³/mol. The number of nitrogens with two attached hydrogens (primary N) is 1. The summed E-state index contributed by atoms with van der Waals surface area (Å²) in [4.78, 5) is 36.1. The van der Waals surface area contributed by atoms with Gasteiger partial charge in [0.15, 0.2) is 0 Å². The van der Waals surface area contributed by atoms with Crippen molar-refractivity contribution >= 4 is 61.7 Å². The second kappa shape index (κ2) is 11.8. The van der Waals surface area contributed by atoms with E-state index in [1.54, 1.807) is 18.2 Å². The number of amides is 2. The standard InChI is InChI=1S/C20H18Br2F3N5O4/c21-13-2-10(3-14(22)6-13)16(7-18(32)33)30-17(31)8-27-19(34)11-1-12(20(23,24)25)5-15(4-11)28-9-29-26/h1-6,9,16H,7-8,26H2,(H,27,34)(H,28,29)(H,30,31)(H,32,33). The number of hydrazone groups is 1. The summed E-state index contributed by atoms with van der Waals surface area (Å²) in [5.74, 6) is 2.07. The number of halogens is 5. The SMILES string of the molecule is NN=CNc1cc(C(=O)NCC(=O)NC(CC(=O)O)c2cc(Br)cc(Br)c2)cc(C(F)(F)F)c1. The molecule has 0 aliphatic carbocycles. The Hall–Kier alpha value is -3.13. The van der Waals surface area contributed by atoms with Gasteiger partial charge in [-0.3, -0.25) is 14.4 Å². The van der Waals surface area contributed by atoms with Crippen LogP contribution in [0.3, 0.4) is 0 Å². The first kappa shape index (κ1) is 27.1. The lowest BCUT2D eigenvalue weighted by atomic mass is 10.0. The quantitative estimate of drug-likeness (QED) is 0.127. The zero-order valence-electron chi connectivity index (χ0n) is 17.1. The molecule has 0 aliphatic heterocycles. The molecule has 2 rings (SSSR count). The molecule has 2 aromatic carbocycles. The molecule has 0 bridgehead atoms. The smallest absolute Gasteiger partial charge is 0.416 e. The highest BCUT2D eigenvalue weighted by atomic mass is 79.9. The number of nitrogens with zero attached hydrogens (tertiary/aromatic N) is 1. The highest BCUT2D eigenvalue weighted by Crippen LogP contribution is 2.32. The lowest BCUT2D eigenvalue weighted by Crippen LogP contribution is -2.39. The third-order valence-electron chi connectivity index (χ3n) is 4.24. The summed E-state index contributed by atoms with van der Waals surface area (Å²) >= 11 is 6.57. The van der Waals surface area contributed by atoms with Crippen LogP contribution in [-0.4, -0.2) is 35.8 Å². The summed E-state index contributed by atoms with van der Waals surface area (Å²) in [6, 6.07) is 6.56. The van der Waals surface area contributed by atoms with E-state index >= 15 is 0 Å². The molecule has 0 spiro atoms. The molecule has 0 aliphatic rings. The number of carboxylic acid groups (broad SMARTS) is 1. The maximum atomic E-state index is 13.2. The van der Waals surface area contributed by atoms with Crippen LogP contribution in [-0.2, 0) is 15.8 Å². The van der Waals surface area contributed by atoms with Gasteiger partial charge in [-0.25, -0.2) is 0 Å². The van der Waals surface area contributed by atoms with E-state index in [4.69, 9.17) is 5.84 Å². The molecule has 0 heterocycles. The number of carboxylic acids is 1. The first-order chi connectivity index (χ1) is 15.9. The average molecular weight is 609 g/mol. The lowest BCUT2D eigenvalue weighted by Gasteiger charge is -2.18. The Balaban J connectivity index is 2.14. The monoisotopic (exact) mass is 607 g/mol. The number of hydrogen-bond acceptors (Lipinski definition) is 5. The minimum atomic E-state index is -4.73. The Kier molecular flexibility index (Phi) is 9.44. The molecule has 1 unspecified atom stereocenters. The molecule has 2 amide bonds. The van der Waals surface area contributed by atoms with Gasteiger partial charge < -0.3 is 26.9 Å². The highest BCUT2D eigenvalue weighted by Gasteiger charge is 2.32. The maximum Gasteiger partial charge on any atom is 0.416 e. The zero-order chi connectivity index (χ0) is 25.5. The molecule has 0 aromatic heterocycles. The Labute approximate surface area is 208 Å². The van der Waals surface area contributed by atoms with E-state index in [2.05, 4.69) is 52.9 Å². The third kappa shape index (κ3) is 8.33. The molecule has 14 heteroatoms. The lowest BCUT2D eigenvalue weighted by molar-refractivity contribution is -0.138. The Morgan fingerprint density at radius 2 is 1.74 bits per heavy atom. The van der Waals surface area contributed by atoms with E-state index in [0.717, 1.165) is 18.5 Å². The second-order valence-electron chi connectivity index (χ2n) is 6.82. The van der Waals surface area contributed by atoms with Crippen molar-refractivity contribution in [2.75, 3.05) is 11.9 Å². The van der Waals surface area contributed by atoms with E-state index in [1.165, 1.54) is 0 Å². The number of anilines is 1. The number of nitrogens with one attached hydrogen (secondary N) is 3. The van der Waals surface area contributed by atoms with Crippen LogP contribution in [0.15, 0.2) is 50.4 Å². The summed E-state index contributed by atoms with van der Waals surface area (Å²) in [6.45, 7) is -0.604. The van der Waals surface area contributed by atoms with Gasteiger partial charge in [-0.1, -0.05) is 31.9 Å². The Morgan fingerprint density at radius 1 is 1.09 bits per heavy atom. The summed E-state index contributed by atoms with van der Waals surface area (Å²) in [7, 11) is 0. The van der Waals surface area contributed by atoms with Crippen molar-refractivity contribution in [1.82, 2.24) is 10.6 Å². The highest BCUT2D eigenvalue weighted by molar-refractivity contribution is 9.11. The molecule has 0 saturated heterocycles. The van der Waals surface area contributed by atoms with Crippen molar-refractivity contribution in [3.63, 3.8) is 0 Å². The largest absolute Gasteiger partial charge is 0.481 e. The van der Waals surface area contributed by atoms with Crippen LogP contribution in [0.25, 0.3) is 0 Å². The zero-order valence-corrected chi connectivity index (χ0v) is 20.3. The molecule has 182 valence electrons.